The molecule has 0 amide bonds. The maximum Gasteiger partial charge on any atom is 0.124 e. The minimum atomic E-state index is -0.165. The van der Waals surface area contributed by atoms with E-state index in [1.54, 1.807) is 0 Å². The highest BCUT2D eigenvalue weighted by atomic mass is 127. The zero-order chi connectivity index (χ0) is 11.8. The molecule has 1 aromatic rings. The Labute approximate surface area is 110 Å². The lowest BCUT2D eigenvalue weighted by molar-refractivity contribution is 0.130. The first-order valence-electron chi connectivity index (χ1n) is 5.59. The van der Waals surface area contributed by atoms with Crippen LogP contribution < -0.4 is 9.47 Å². The second-order valence-corrected chi connectivity index (χ2v) is 6.40. The van der Waals surface area contributed by atoms with E-state index in [0.29, 0.717) is 6.10 Å². The van der Waals surface area contributed by atoms with Crippen LogP contribution in [0, 0.1) is 3.57 Å². The third kappa shape index (κ3) is 3.85. The van der Waals surface area contributed by atoms with Gasteiger partial charge in [0.25, 0.3) is 0 Å². The van der Waals surface area contributed by atoms with Crippen molar-refractivity contribution in [1.82, 2.24) is 0 Å². The summed E-state index contributed by atoms with van der Waals surface area (Å²) in [4.78, 5) is 0. The van der Waals surface area contributed by atoms with Crippen molar-refractivity contribution in [2.45, 2.75) is 45.3 Å². The van der Waals surface area contributed by atoms with Crippen LogP contribution in [0.4, 0.5) is 0 Å². The van der Waals surface area contributed by atoms with Gasteiger partial charge in [0.2, 0.25) is 0 Å². The molecule has 1 aromatic carbocycles. The van der Waals surface area contributed by atoms with Crippen molar-refractivity contribution in [3.8, 4) is 11.5 Å². The van der Waals surface area contributed by atoms with Gasteiger partial charge < -0.3 is 9.47 Å². The molecule has 1 aliphatic carbocycles. The van der Waals surface area contributed by atoms with Crippen molar-refractivity contribution in [1.29, 1.82) is 0 Å². The molecule has 3 heteroatoms. The van der Waals surface area contributed by atoms with Gasteiger partial charge in [-0.1, -0.05) is 0 Å². The topological polar surface area (TPSA) is 18.5 Å². The summed E-state index contributed by atoms with van der Waals surface area (Å²) >= 11 is 2.29. The predicted molar refractivity (Wildman–Crippen MR) is 73.2 cm³/mol. The van der Waals surface area contributed by atoms with Crippen LogP contribution in [0.15, 0.2) is 18.2 Å². The Morgan fingerprint density at radius 1 is 1.12 bits per heavy atom. The number of ether oxygens (including phenoxy) is 2. The standard InChI is InChI=1S/C13H17IO2/c1-13(2,3)16-12-7-9(14)6-11(8-12)15-10-4-5-10/h6-8,10H,4-5H2,1-3H3. The average Bonchev–Trinajstić information content (AvgIpc) is 2.82. The van der Waals surface area contributed by atoms with E-state index in [9.17, 15) is 0 Å². The Balaban J connectivity index is 2.14. The molecule has 2 rings (SSSR count). The minimum Gasteiger partial charge on any atom is -0.490 e. The molecule has 0 aromatic heterocycles. The first-order valence-corrected chi connectivity index (χ1v) is 6.66. The third-order valence-electron chi connectivity index (χ3n) is 2.10. The molecule has 2 nitrogen and oxygen atoms in total. The zero-order valence-electron chi connectivity index (χ0n) is 9.92. The summed E-state index contributed by atoms with van der Waals surface area (Å²) < 4.78 is 12.8. The molecule has 1 saturated carbocycles. The van der Waals surface area contributed by atoms with Gasteiger partial charge in [0.15, 0.2) is 0 Å². The molecule has 0 bridgehead atoms. The number of rotatable bonds is 3. The van der Waals surface area contributed by atoms with Crippen LogP contribution in [0.5, 0.6) is 11.5 Å². The second kappa shape index (κ2) is 4.43. The monoisotopic (exact) mass is 332 g/mol. The first-order chi connectivity index (χ1) is 7.42. The molecule has 0 spiro atoms. The Hall–Kier alpha value is -0.450. The molecule has 16 heavy (non-hydrogen) atoms. The highest BCUT2D eigenvalue weighted by Crippen LogP contribution is 2.31. The Morgan fingerprint density at radius 3 is 2.31 bits per heavy atom. The molecule has 0 saturated heterocycles. The van der Waals surface area contributed by atoms with Crippen LogP contribution in [-0.2, 0) is 0 Å². The molecule has 1 fully saturated rings. The molecular weight excluding hydrogens is 315 g/mol. The second-order valence-electron chi connectivity index (χ2n) is 5.15. The summed E-state index contributed by atoms with van der Waals surface area (Å²) in [5, 5.41) is 0. The molecule has 0 N–H and O–H groups in total. The van der Waals surface area contributed by atoms with E-state index in [4.69, 9.17) is 9.47 Å². The number of hydrogen-bond donors (Lipinski definition) is 0. The predicted octanol–water partition coefficient (Wildman–Crippen LogP) is 4.01. The van der Waals surface area contributed by atoms with E-state index in [1.165, 1.54) is 12.8 Å². The molecule has 88 valence electrons. The van der Waals surface area contributed by atoms with Gasteiger partial charge in [0, 0.05) is 9.64 Å². The van der Waals surface area contributed by atoms with Crippen LogP contribution in [0.25, 0.3) is 0 Å². The van der Waals surface area contributed by atoms with Crippen molar-refractivity contribution in [2.24, 2.45) is 0 Å². The largest absolute Gasteiger partial charge is 0.490 e. The van der Waals surface area contributed by atoms with Gasteiger partial charge in [-0.2, -0.15) is 0 Å². The molecule has 0 heterocycles. The zero-order valence-corrected chi connectivity index (χ0v) is 12.1. The lowest BCUT2D eigenvalue weighted by atomic mass is 10.2. The number of halogens is 1. The highest BCUT2D eigenvalue weighted by molar-refractivity contribution is 14.1. The van der Waals surface area contributed by atoms with Gasteiger partial charge in [-0.15, -0.1) is 0 Å². The summed E-state index contributed by atoms with van der Waals surface area (Å²) in [6, 6.07) is 6.06. The average molecular weight is 332 g/mol. The number of hydrogen-bond acceptors (Lipinski definition) is 2. The Morgan fingerprint density at radius 2 is 1.75 bits per heavy atom. The Bertz CT molecular complexity index is 378. The van der Waals surface area contributed by atoms with E-state index < -0.39 is 0 Å². The Kier molecular flexibility index (Phi) is 3.33. The highest BCUT2D eigenvalue weighted by Gasteiger charge is 2.24. The van der Waals surface area contributed by atoms with Crippen molar-refractivity contribution in [2.75, 3.05) is 0 Å². The van der Waals surface area contributed by atoms with Gasteiger partial charge in [0.05, 0.1) is 6.10 Å². The molecular formula is C13H17IO2. The SMILES string of the molecule is CC(C)(C)Oc1cc(I)cc(OC2CC2)c1. The summed E-state index contributed by atoms with van der Waals surface area (Å²) in [6.45, 7) is 6.15. The first kappa shape index (κ1) is 12.0. The van der Waals surface area contributed by atoms with Gasteiger partial charge in [0.1, 0.15) is 17.1 Å². The van der Waals surface area contributed by atoms with Crippen LogP contribution >= 0.6 is 22.6 Å². The van der Waals surface area contributed by atoms with Crippen LogP contribution in [-0.4, -0.2) is 11.7 Å². The van der Waals surface area contributed by atoms with Crippen molar-refractivity contribution in [3.05, 3.63) is 21.8 Å². The lowest BCUT2D eigenvalue weighted by Gasteiger charge is -2.21. The van der Waals surface area contributed by atoms with Crippen LogP contribution in [0.3, 0.4) is 0 Å². The van der Waals surface area contributed by atoms with Gasteiger partial charge in [-0.25, -0.2) is 0 Å². The van der Waals surface area contributed by atoms with Gasteiger partial charge in [-0.05, 0) is 68.3 Å². The fourth-order valence-electron chi connectivity index (χ4n) is 1.40. The fraction of sp³-hybridized carbons (Fsp3) is 0.538. The maximum absolute atomic E-state index is 5.84. The lowest BCUT2D eigenvalue weighted by Crippen LogP contribution is -2.23. The van der Waals surface area contributed by atoms with E-state index in [0.717, 1.165) is 15.1 Å². The third-order valence-corrected chi connectivity index (χ3v) is 2.72. The minimum absolute atomic E-state index is 0.165. The fourth-order valence-corrected chi connectivity index (χ4v) is 2.01. The summed E-state index contributed by atoms with van der Waals surface area (Å²) in [7, 11) is 0. The van der Waals surface area contributed by atoms with Crippen LogP contribution in [0.2, 0.25) is 0 Å². The van der Waals surface area contributed by atoms with E-state index in [-0.39, 0.29) is 5.60 Å². The number of benzene rings is 1. The van der Waals surface area contributed by atoms with Crippen molar-refractivity contribution < 1.29 is 9.47 Å². The summed E-state index contributed by atoms with van der Waals surface area (Å²) in [5.41, 5.74) is -0.165. The van der Waals surface area contributed by atoms with Crippen LogP contribution in [0.1, 0.15) is 33.6 Å². The van der Waals surface area contributed by atoms with Crippen molar-refractivity contribution in [3.63, 3.8) is 0 Å². The molecule has 0 radical (unpaired) electrons. The van der Waals surface area contributed by atoms with E-state index >= 15 is 0 Å². The maximum atomic E-state index is 5.84. The van der Waals surface area contributed by atoms with Crippen molar-refractivity contribution >= 4 is 22.6 Å². The summed E-state index contributed by atoms with van der Waals surface area (Å²) in [6.07, 6.45) is 2.79. The summed E-state index contributed by atoms with van der Waals surface area (Å²) in [5.74, 6) is 1.81. The molecule has 0 unspecified atom stereocenters. The molecule has 0 aliphatic heterocycles. The normalized spacial score (nSPS) is 16.0. The van der Waals surface area contributed by atoms with E-state index in [1.807, 2.05) is 32.9 Å². The van der Waals surface area contributed by atoms with Gasteiger partial charge in [-0.3, -0.25) is 0 Å². The smallest absolute Gasteiger partial charge is 0.124 e. The quantitative estimate of drug-likeness (QED) is 0.779. The van der Waals surface area contributed by atoms with E-state index in [2.05, 4.69) is 28.7 Å². The van der Waals surface area contributed by atoms with Gasteiger partial charge >= 0.3 is 0 Å². The molecule has 0 atom stereocenters. The molecule has 1 aliphatic rings.